The average molecular weight is 586 g/mol. The number of alkyl halides is 3. The molecule has 2 aromatic carbocycles. The number of hydrogen-bond donors (Lipinski definition) is 1. The number of carbonyl (C=O) groups excluding carboxylic acids is 2. The van der Waals surface area contributed by atoms with Crippen LogP contribution in [0.15, 0.2) is 33.2 Å². The summed E-state index contributed by atoms with van der Waals surface area (Å²) in [5.41, 5.74) is -2.98. The summed E-state index contributed by atoms with van der Waals surface area (Å²) in [5, 5.41) is 9.31. The lowest BCUT2D eigenvalue weighted by Gasteiger charge is -2.12. The van der Waals surface area contributed by atoms with Crippen molar-refractivity contribution in [1.82, 2.24) is 0 Å². The first kappa shape index (κ1) is 23.7. The van der Waals surface area contributed by atoms with Gasteiger partial charge in [-0.2, -0.15) is 21.6 Å². The van der Waals surface area contributed by atoms with E-state index in [-0.39, 0.29) is 28.2 Å². The molecular weight excluding hydrogens is 573 g/mol. The Labute approximate surface area is 191 Å². The van der Waals surface area contributed by atoms with Crippen molar-refractivity contribution in [2.24, 2.45) is 0 Å². The van der Waals surface area contributed by atoms with Crippen molar-refractivity contribution in [1.29, 1.82) is 0 Å². The summed E-state index contributed by atoms with van der Waals surface area (Å²) in [6.07, 6.45) is 1.88. The van der Waals surface area contributed by atoms with Crippen molar-refractivity contribution in [3.8, 4) is 11.5 Å². The number of phenolic OH excluding ortho intramolecular Hbond substituents is 1. The molecule has 0 heterocycles. The number of carbonyl (C=O) groups is 2. The molecule has 2 aromatic rings. The number of aromatic hydroxyl groups is 1. The standard InChI is InChI=1S/C10H6BrF3O4S.C9H7BrO2/c11-9-6-1-3-7(15)5(6)2-4-8(9)18-19(16,17)10(12,13)14;10-9-6-2-3-7(11)5(6)1-4-8(9)12/h2,4H,1,3H2;1,4,12H,2-3H2. The van der Waals surface area contributed by atoms with Crippen LogP contribution in [0, 0.1) is 0 Å². The summed E-state index contributed by atoms with van der Waals surface area (Å²) in [4.78, 5) is 22.6. The molecule has 2 aliphatic carbocycles. The average Bonchev–Trinajstić information content (AvgIpc) is 3.24. The quantitative estimate of drug-likeness (QED) is 0.389. The molecular formula is C19H13Br2F3O6S. The van der Waals surface area contributed by atoms with E-state index in [2.05, 4.69) is 36.0 Å². The number of fused-ring (bicyclic) bond motifs is 2. The zero-order chi connectivity index (χ0) is 23.1. The first-order valence-corrected chi connectivity index (χ1v) is 11.7. The van der Waals surface area contributed by atoms with E-state index in [1.54, 1.807) is 12.1 Å². The zero-order valence-corrected chi connectivity index (χ0v) is 19.4. The van der Waals surface area contributed by atoms with Gasteiger partial charge < -0.3 is 9.29 Å². The molecule has 166 valence electrons. The maximum Gasteiger partial charge on any atom is 0.534 e. The van der Waals surface area contributed by atoms with Gasteiger partial charge >= 0.3 is 15.6 Å². The van der Waals surface area contributed by atoms with Crippen LogP contribution < -0.4 is 4.18 Å². The van der Waals surface area contributed by atoms with Crippen LogP contribution in [0.3, 0.4) is 0 Å². The van der Waals surface area contributed by atoms with Gasteiger partial charge in [0.2, 0.25) is 0 Å². The molecule has 2 aliphatic rings. The highest BCUT2D eigenvalue weighted by molar-refractivity contribution is 9.11. The van der Waals surface area contributed by atoms with E-state index < -0.39 is 21.4 Å². The van der Waals surface area contributed by atoms with Crippen molar-refractivity contribution in [2.75, 3.05) is 0 Å². The number of hydrogen-bond acceptors (Lipinski definition) is 6. The lowest BCUT2D eigenvalue weighted by molar-refractivity contribution is -0.0500. The van der Waals surface area contributed by atoms with E-state index in [4.69, 9.17) is 0 Å². The van der Waals surface area contributed by atoms with Crippen LogP contribution in [0.5, 0.6) is 11.5 Å². The first-order valence-electron chi connectivity index (χ1n) is 8.72. The predicted octanol–water partition coefficient (Wildman–Crippen LogP) is 5.09. The van der Waals surface area contributed by atoms with Crippen molar-refractivity contribution in [3.05, 3.63) is 55.5 Å². The van der Waals surface area contributed by atoms with Crippen LogP contribution in [0.2, 0.25) is 0 Å². The summed E-state index contributed by atoms with van der Waals surface area (Å²) in [6.45, 7) is 0. The van der Waals surface area contributed by atoms with Crippen LogP contribution in [-0.2, 0) is 23.0 Å². The normalized spacial score (nSPS) is 15.3. The molecule has 12 heteroatoms. The maximum absolute atomic E-state index is 12.2. The van der Waals surface area contributed by atoms with E-state index in [1.807, 2.05) is 0 Å². The third kappa shape index (κ3) is 4.65. The molecule has 0 unspecified atom stereocenters. The Morgan fingerprint density at radius 1 is 0.839 bits per heavy atom. The lowest BCUT2D eigenvalue weighted by Crippen LogP contribution is -2.28. The molecule has 0 fully saturated rings. The van der Waals surface area contributed by atoms with Crippen molar-refractivity contribution in [2.45, 2.75) is 31.2 Å². The molecule has 0 radical (unpaired) electrons. The highest BCUT2D eigenvalue weighted by Crippen LogP contribution is 2.38. The number of rotatable bonds is 2. The molecule has 4 rings (SSSR count). The minimum atomic E-state index is -5.72. The zero-order valence-electron chi connectivity index (χ0n) is 15.4. The molecule has 0 amide bonds. The monoisotopic (exact) mass is 584 g/mol. The first-order chi connectivity index (χ1) is 14.3. The van der Waals surface area contributed by atoms with E-state index in [9.17, 15) is 36.3 Å². The number of Topliss-reactive ketones (excluding diaryl/α,β-unsaturated/α-hetero) is 2. The summed E-state index contributed by atoms with van der Waals surface area (Å²) in [5.74, 6) is -0.235. The molecule has 1 N–H and O–H groups in total. The van der Waals surface area contributed by atoms with Gasteiger partial charge in [0.15, 0.2) is 17.3 Å². The van der Waals surface area contributed by atoms with E-state index in [0.29, 0.717) is 28.4 Å². The van der Waals surface area contributed by atoms with Gasteiger partial charge in [-0.05, 0) is 80.1 Å². The number of halogens is 5. The van der Waals surface area contributed by atoms with Crippen molar-refractivity contribution in [3.63, 3.8) is 0 Å². The Bertz CT molecular complexity index is 1190. The van der Waals surface area contributed by atoms with Gasteiger partial charge in [0.1, 0.15) is 5.75 Å². The van der Waals surface area contributed by atoms with Crippen LogP contribution >= 0.6 is 31.9 Å². The fourth-order valence-electron chi connectivity index (χ4n) is 3.20. The third-order valence-electron chi connectivity index (χ3n) is 4.72. The largest absolute Gasteiger partial charge is 0.534 e. The second-order valence-electron chi connectivity index (χ2n) is 6.66. The Balaban J connectivity index is 0.000000194. The number of ketones is 2. The van der Waals surface area contributed by atoms with Gasteiger partial charge in [0, 0.05) is 24.0 Å². The minimum Gasteiger partial charge on any atom is -0.507 e. The molecule has 0 aliphatic heterocycles. The summed E-state index contributed by atoms with van der Waals surface area (Å²) in [6, 6.07) is 5.52. The summed E-state index contributed by atoms with van der Waals surface area (Å²) >= 11 is 6.23. The van der Waals surface area contributed by atoms with Crippen molar-refractivity contribution >= 4 is 53.5 Å². The second kappa shape index (κ2) is 8.55. The van der Waals surface area contributed by atoms with Crippen LogP contribution in [0.1, 0.15) is 44.7 Å². The Morgan fingerprint density at radius 2 is 1.32 bits per heavy atom. The minimum absolute atomic E-state index is 0.0590. The summed E-state index contributed by atoms with van der Waals surface area (Å²) < 4.78 is 63.2. The van der Waals surface area contributed by atoms with Gasteiger partial charge in [0.25, 0.3) is 0 Å². The fraction of sp³-hybridized carbons (Fsp3) is 0.263. The van der Waals surface area contributed by atoms with Crippen LogP contribution in [-0.4, -0.2) is 30.6 Å². The van der Waals surface area contributed by atoms with Crippen LogP contribution in [0.25, 0.3) is 0 Å². The molecule has 0 saturated carbocycles. The van der Waals surface area contributed by atoms with Gasteiger partial charge in [-0.1, -0.05) is 0 Å². The number of benzene rings is 2. The predicted molar refractivity (Wildman–Crippen MR) is 111 cm³/mol. The second-order valence-corrected chi connectivity index (χ2v) is 9.78. The molecule has 0 aromatic heterocycles. The third-order valence-corrected chi connectivity index (χ3v) is 7.44. The summed E-state index contributed by atoms with van der Waals surface area (Å²) in [7, 11) is -5.72. The Hall–Kier alpha value is -1.92. The smallest absolute Gasteiger partial charge is 0.507 e. The Morgan fingerprint density at radius 3 is 1.84 bits per heavy atom. The molecule has 0 atom stereocenters. The van der Waals surface area contributed by atoms with E-state index >= 15 is 0 Å². The van der Waals surface area contributed by atoms with Crippen LogP contribution in [0.4, 0.5) is 13.2 Å². The van der Waals surface area contributed by atoms with E-state index in [0.717, 1.165) is 23.6 Å². The molecule has 0 bridgehead atoms. The van der Waals surface area contributed by atoms with Gasteiger partial charge in [-0.15, -0.1) is 0 Å². The van der Waals surface area contributed by atoms with Gasteiger partial charge in [-0.25, -0.2) is 0 Å². The topological polar surface area (TPSA) is 97.7 Å². The number of phenols is 1. The maximum atomic E-state index is 12.2. The van der Waals surface area contributed by atoms with E-state index in [1.165, 1.54) is 6.07 Å². The fourth-order valence-corrected chi connectivity index (χ4v) is 4.94. The van der Waals surface area contributed by atoms with Crippen molar-refractivity contribution < 1.29 is 40.5 Å². The highest BCUT2D eigenvalue weighted by atomic mass is 79.9. The highest BCUT2D eigenvalue weighted by Gasteiger charge is 2.49. The SMILES string of the molecule is O=C1CCc2c1ccc(O)c2Br.O=C1CCc2c1ccc(OS(=O)(=O)C(F)(F)F)c2Br. The lowest BCUT2D eigenvalue weighted by atomic mass is 10.1. The Kier molecular flexibility index (Phi) is 6.55. The van der Waals surface area contributed by atoms with Gasteiger partial charge in [0.05, 0.1) is 8.95 Å². The molecule has 31 heavy (non-hydrogen) atoms. The molecule has 6 nitrogen and oxygen atoms in total. The molecule has 0 saturated heterocycles. The van der Waals surface area contributed by atoms with Gasteiger partial charge in [-0.3, -0.25) is 9.59 Å². The molecule has 0 spiro atoms.